The van der Waals surface area contributed by atoms with Crippen molar-refractivity contribution in [2.75, 3.05) is 31.5 Å². The van der Waals surface area contributed by atoms with Crippen molar-refractivity contribution in [3.8, 4) is 0 Å². The number of nitrogens with one attached hydrogen (secondary N) is 1. The quantitative estimate of drug-likeness (QED) is 0.741. The number of aliphatic carboxylic acids is 1. The van der Waals surface area contributed by atoms with Gasteiger partial charge in [0.05, 0.1) is 0 Å². The second-order valence-electron chi connectivity index (χ2n) is 6.26. The van der Waals surface area contributed by atoms with Crippen molar-refractivity contribution in [1.29, 1.82) is 0 Å². The average Bonchev–Trinajstić information content (AvgIpc) is 2.84. The first kappa shape index (κ1) is 20.0. The molecule has 0 unspecified atom stereocenters. The van der Waals surface area contributed by atoms with Gasteiger partial charge in [-0.15, -0.1) is 0 Å². The molecule has 0 saturated carbocycles. The minimum atomic E-state index is -0.839. The fraction of sp³-hybridized carbons (Fsp3) is 0.500. The van der Waals surface area contributed by atoms with Crippen LogP contribution in [0.5, 0.6) is 0 Å². The Morgan fingerprint density at radius 1 is 1.04 bits per heavy atom. The van der Waals surface area contributed by atoms with Crippen LogP contribution in [0.1, 0.15) is 32.1 Å². The summed E-state index contributed by atoms with van der Waals surface area (Å²) in [7, 11) is 0. The first-order chi connectivity index (χ1) is 12.5. The molecule has 2 N–H and O–H groups in total. The second-order valence-corrected chi connectivity index (χ2v) is 6.70. The summed E-state index contributed by atoms with van der Waals surface area (Å²) in [6.07, 6.45) is 2.22. The molecule has 2 rings (SSSR count). The monoisotopic (exact) mass is 381 g/mol. The number of amides is 3. The molecule has 1 aliphatic heterocycles. The van der Waals surface area contributed by atoms with Gasteiger partial charge >= 0.3 is 12.0 Å². The Labute approximate surface area is 157 Å². The van der Waals surface area contributed by atoms with E-state index >= 15 is 0 Å². The van der Waals surface area contributed by atoms with Crippen molar-refractivity contribution in [2.24, 2.45) is 0 Å². The van der Waals surface area contributed by atoms with E-state index in [2.05, 4.69) is 5.32 Å². The number of urea groups is 1. The molecule has 142 valence electrons. The highest BCUT2D eigenvalue weighted by Gasteiger charge is 2.21. The predicted molar refractivity (Wildman–Crippen MR) is 99.3 cm³/mol. The van der Waals surface area contributed by atoms with Gasteiger partial charge in [-0.2, -0.15) is 0 Å². The summed E-state index contributed by atoms with van der Waals surface area (Å²) in [5.74, 6) is -0.818. The molecule has 0 aliphatic carbocycles. The SMILES string of the molecule is O=C(O)CCCCC(=O)N1CCCN(C(=O)Nc2cccc(Cl)c2)CC1. The number of unbranched alkanes of at least 4 members (excludes halogenated alkanes) is 1. The van der Waals surface area contributed by atoms with Crippen LogP contribution in [0.4, 0.5) is 10.5 Å². The fourth-order valence-corrected chi connectivity index (χ4v) is 3.04. The fourth-order valence-electron chi connectivity index (χ4n) is 2.85. The highest BCUT2D eigenvalue weighted by molar-refractivity contribution is 6.30. The molecule has 0 atom stereocenters. The van der Waals surface area contributed by atoms with E-state index in [1.54, 1.807) is 34.1 Å². The van der Waals surface area contributed by atoms with Crippen molar-refractivity contribution >= 4 is 35.2 Å². The molecule has 1 aromatic carbocycles. The first-order valence-electron chi connectivity index (χ1n) is 8.77. The summed E-state index contributed by atoms with van der Waals surface area (Å²) in [5.41, 5.74) is 0.637. The highest BCUT2D eigenvalue weighted by Crippen LogP contribution is 2.16. The van der Waals surface area contributed by atoms with Crippen LogP contribution in [-0.2, 0) is 9.59 Å². The number of benzene rings is 1. The van der Waals surface area contributed by atoms with Gasteiger partial charge in [0.1, 0.15) is 0 Å². The van der Waals surface area contributed by atoms with E-state index in [4.69, 9.17) is 16.7 Å². The summed E-state index contributed by atoms with van der Waals surface area (Å²) in [5, 5.41) is 12.0. The van der Waals surface area contributed by atoms with Gasteiger partial charge in [0.25, 0.3) is 0 Å². The maximum Gasteiger partial charge on any atom is 0.321 e. The molecule has 26 heavy (non-hydrogen) atoms. The molecule has 1 saturated heterocycles. The van der Waals surface area contributed by atoms with Crippen LogP contribution >= 0.6 is 11.6 Å². The minimum Gasteiger partial charge on any atom is -0.481 e. The van der Waals surface area contributed by atoms with Crippen LogP contribution in [0.2, 0.25) is 5.02 Å². The summed E-state index contributed by atoms with van der Waals surface area (Å²) < 4.78 is 0. The molecule has 1 fully saturated rings. The van der Waals surface area contributed by atoms with Crippen molar-refractivity contribution in [2.45, 2.75) is 32.1 Å². The van der Waals surface area contributed by atoms with Gasteiger partial charge in [-0.25, -0.2) is 4.79 Å². The molecular formula is C18H24ClN3O4. The zero-order chi connectivity index (χ0) is 18.9. The standard InChI is InChI=1S/C18H24ClN3O4/c19-14-5-3-6-15(13-14)20-18(26)22-10-4-9-21(11-12-22)16(23)7-1-2-8-17(24)25/h3,5-6,13H,1-2,4,7-12H2,(H,20,26)(H,24,25). The largest absolute Gasteiger partial charge is 0.481 e. The van der Waals surface area contributed by atoms with Gasteiger partial charge in [0, 0.05) is 49.7 Å². The normalized spacial score (nSPS) is 14.7. The van der Waals surface area contributed by atoms with Gasteiger partial charge < -0.3 is 20.2 Å². The van der Waals surface area contributed by atoms with Gasteiger partial charge in [-0.1, -0.05) is 17.7 Å². The molecule has 7 nitrogen and oxygen atoms in total. The summed E-state index contributed by atoms with van der Waals surface area (Å²) in [6, 6.07) is 6.76. The molecule has 0 spiro atoms. The van der Waals surface area contributed by atoms with E-state index < -0.39 is 5.97 Å². The van der Waals surface area contributed by atoms with E-state index in [9.17, 15) is 14.4 Å². The summed E-state index contributed by atoms with van der Waals surface area (Å²) in [4.78, 5) is 38.6. The van der Waals surface area contributed by atoms with Crippen molar-refractivity contribution in [3.63, 3.8) is 0 Å². The van der Waals surface area contributed by atoms with Crippen LogP contribution in [0.25, 0.3) is 0 Å². The lowest BCUT2D eigenvalue weighted by Gasteiger charge is -2.22. The third kappa shape index (κ3) is 6.55. The molecule has 3 amide bonds. The van der Waals surface area contributed by atoms with E-state index in [1.165, 1.54) is 0 Å². The van der Waals surface area contributed by atoms with Crippen LogP contribution in [-0.4, -0.2) is 59.0 Å². The van der Waals surface area contributed by atoms with Crippen molar-refractivity contribution in [1.82, 2.24) is 9.80 Å². The molecule has 0 radical (unpaired) electrons. The number of carboxylic acid groups (broad SMARTS) is 1. The Balaban J connectivity index is 1.78. The third-order valence-corrected chi connectivity index (χ3v) is 4.48. The number of anilines is 1. The van der Waals surface area contributed by atoms with Gasteiger partial charge in [0.15, 0.2) is 0 Å². The van der Waals surface area contributed by atoms with E-state index in [0.717, 1.165) is 0 Å². The third-order valence-electron chi connectivity index (χ3n) is 4.24. The van der Waals surface area contributed by atoms with Crippen LogP contribution in [0.3, 0.4) is 0 Å². The van der Waals surface area contributed by atoms with Crippen molar-refractivity contribution < 1.29 is 19.5 Å². The van der Waals surface area contributed by atoms with E-state index in [-0.39, 0.29) is 18.4 Å². The van der Waals surface area contributed by atoms with E-state index in [1.807, 2.05) is 0 Å². The summed E-state index contributed by atoms with van der Waals surface area (Å²) >= 11 is 5.92. The lowest BCUT2D eigenvalue weighted by molar-refractivity contribution is -0.137. The predicted octanol–water partition coefficient (Wildman–Crippen LogP) is 3.05. The minimum absolute atomic E-state index is 0.0208. The smallest absolute Gasteiger partial charge is 0.321 e. The second kappa shape index (κ2) is 10.0. The number of carboxylic acids is 1. The molecular weight excluding hydrogens is 358 g/mol. The first-order valence-corrected chi connectivity index (χ1v) is 9.14. The topological polar surface area (TPSA) is 90.0 Å². The number of hydrogen-bond donors (Lipinski definition) is 2. The molecule has 1 aliphatic rings. The summed E-state index contributed by atoms with van der Waals surface area (Å²) in [6.45, 7) is 2.14. The molecule has 0 aromatic heterocycles. The van der Waals surface area contributed by atoms with Gasteiger partial charge in [-0.3, -0.25) is 9.59 Å². The zero-order valence-electron chi connectivity index (χ0n) is 14.6. The zero-order valence-corrected chi connectivity index (χ0v) is 15.4. The molecule has 8 heteroatoms. The maximum absolute atomic E-state index is 12.4. The Morgan fingerprint density at radius 2 is 1.73 bits per heavy atom. The van der Waals surface area contributed by atoms with Crippen LogP contribution < -0.4 is 5.32 Å². The Kier molecular flexibility index (Phi) is 7.72. The molecule has 0 bridgehead atoms. The number of rotatable bonds is 6. The van der Waals surface area contributed by atoms with Gasteiger partial charge in [0.2, 0.25) is 5.91 Å². The highest BCUT2D eigenvalue weighted by atomic mass is 35.5. The Hall–Kier alpha value is -2.28. The number of carbonyl (C=O) groups is 3. The maximum atomic E-state index is 12.4. The number of halogens is 1. The lowest BCUT2D eigenvalue weighted by Crippen LogP contribution is -2.39. The van der Waals surface area contributed by atoms with Crippen molar-refractivity contribution in [3.05, 3.63) is 29.3 Å². The number of hydrogen-bond acceptors (Lipinski definition) is 3. The molecule has 1 aromatic rings. The number of nitrogens with zero attached hydrogens (tertiary/aromatic N) is 2. The Morgan fingerprint density at radius 3 is 2.46 bits per heavy atom. The van der Waals surface area contributed by atoms with Crippen LogP contribution in [0, 0.1) is 0 Å². The van der Waals surface area contributed by atoms with Gasteiger partial charge in [-0.05, 0) is 37.5 Å². The lowest BCUT2D eigenvalue weighted by atomic mass is 10.2. The average molecular weight is 382 g/mol. The Bertz CT molecular complexity index is 653. The number of carbonyl (C=O) groups excluding carboxylic acids is 2. The van der Waals surface area contributed by atoms with Crippen LogP contribution in [0.15, 0.2) is 24.3 Å². The van der Waals surface area contributed by atoms with E-state index in [0.29, 0.717) is 62.6 Å². The molecule has 1 heterocycles.